The molecule has 132 valence electrons. The lowest BCUT2D eigenvalue weighted by molar-refractivity contribution is -0.179. The third-order valence-corrected chi connectivity index (χ3v) is 3.07. The van der Waals surface area contributed by atoms with Crippen molar-refractivity contribution in [3.05, 3.63) is 0 Å². The molecule has 0 rings (SSSR count). The van der Waals surface area contributed by atoms with E-state index in [-0.39, 0.29) is 6.42 Å². The fourth-order valence-electron chi connectivity index (χ4n) is 1.80. The number of nitrogens with two attached hydrogens (primary N) is 5. The Morgan fingerprint density at radius 2 is 1.65 bits per heavy atom. The second kappa shape index (κ2) is 9.02. The van der Waals surface area contributed by atoms with Crippen molar-refractivity contribution in [2.45, 2.75) is 43.4 Å². The quantitative estimate of drug-likeness (QED) is 0.160. The van der Waals surface area contributed by atoms with Crippen molar-refractivity contribution >= 4 is 23.7 Å². The molecule has 0 aromatic carbocycles. The minimum atomic E-state index is -2.86. The first-order chi connectivity index (χ1) is 10.6. The Balaban J connectivity index is 5.16. The summed E-state index contributed by atoms with van der Waals surface area (Å²) in [4.78, 5) is 45.6. The zero-order valence-corrected chi connectivity index (χ0v) is 12.6. The summed E-state index contributed by atoms with van der Waals surface area (Å²) in [5, 5.41) is 10.1. The van der Waals surface area contributed by atoms with Crippen LogP contribution < -0.4 is 28.7 Å². The van der Waals surface area contributed by atoms with Crippen molar-refractivity contribution < 1.29 is 29.0 Å². The number of carbonyl (C=O) groups is 4. The summed E-state index contributed by atoms with van der Waals surface area (Å²) in [6.45, 7) is 0.408. The van der Waals surface area contributed by atoms with Crippen molar-refractivity contribution in [1.82, 2.24) is 0 Å². The maximum Gasteiger partial charge on any atom is 0.323 e. The van der Waals surface area contributed by atoms with Gasteiger partial charge >= 0.3 is 5.97 Å². The normalized spacial score (nSPS) is 16.0. The predicted molar refractivity (Wildman–Crippen MR) is 77.9 cm³/mol. The summed E-state index contributed by atoms with van der Waals surface area (Å²) in [5.74, 6) is -5.12. The highest BCUT2D eigenvalue weighted by Gasteiger charge is 2.50. The molecule has 0 aliphatic heterocycles. The lowest BCUT2D eigenvalue weighted by Crippen LogP contribution is -2.61. The van der Waals surface area contributed by atoms with E-state index in [1.165, 1.54) is 0 Å². The number of ether oxygens (including phenoxy) is 1. The zero-order chi connectivity index (χ0) is 18.2. The molecule has 0 saturated heterocycles. The molecule has 0 aromatic rings. The molecule has 3 atom stereocenters. The van der Waals surface area contributed by atoms with Gasteiger partial charge in [-0.15, -0.1) is 0 Å². The van der Waals surface area contributed by atoms with Gasteiger partial charge in [0.2, 0.25) is 12.0 Å². The molecule has 11 N–H and O–H groups in total. The van der Waals surface area contributed by atoms with Crippen LogP contribution in [0.15, 0.2) is 0 Å². The molecule has 11 heteroatoms. The van der Waals surface area contributed by atoms with Crippen molar-refractivity contribution in [2.24, 2.45) is 28.7 Å². The molecule has 0 bridgehead atoms. The SMILES string of the molecule is NCCCC[C@H](N)C(=O)OC(C(N)=O)C(O)(CC(N)=O)C(N)=O. The first-order valence-corrected chi connectivity index (χ1v) is 6.82. The molecule has 2 unspecified atom stereocenters. The Bertz CT molecular complexity index is 471. The predicted octanol–water partition coefficient (Wildman–Crippen LogP) is -4.07. The van der Waals surface area contributed by atoms with Gasteiger partial charge in [0.1, 0.15) is 6.04 Å². The van der Waals surface area contributed by atoms with Crippen LogP contribution in [0.3, 0.4) is 0 Å². The van der Waals surface area contributed by atoms with Crippen molar-refractivity contribution in [3.8, 4) is 0 Å². The molecule has 11 nitrogen and oxygen atoms in total. The summed E-state index contributed by atoms with van der Waals surface area (Å²) in [6, 6.07) is -1.13. The number of primary amides is 3. The molecule has 0 aliphatic carbocycles. The van der Waals surface area contributed by atoms with E-state index < -0.39 is 47.9 Å². The first kappa shape index (κ1) is 20.8. The zero-order valence-electron chi connectivity index (χ0n) is 12.6. The van der Waals surface area contributed by atoms with Gasteiger partial charge in [0.15, 0.2) is 5.60 Å². The Morgan fingerprint density at radius 1 is 1.09 bits per heavy atom. The molecule has 3 amide bonds. The third-order valence-electron chi connectivity index (χ3n) is 3.07. The Labute approximate surface area is 132 Å². The van der Waals surface area contributed by atoms with Gasteiger partial charge in [-0.2, -0.15) is 0 Å². The summed E-state index contributed by atoms with van der Waals surface area (Å²) < 4.78 is 4.70. The molecule has 0 aromatic heterocycles. The number of hydrogen-bond acceptors (Lipinski definition) is 8. The van der Waals surface area contributed by atoms with Gasteiger partial charge in [0.05, 0.1) is 6.42 Å². The molecular formula is C12H23N5O6. The number of carbonyl (C=O) groups excluding carboxylic acids is 4. The topological polar surface area (TPSA) is 228 Å². The summed E-state index contributed by atoms with van der Waals surface area (Å²) >= 11 is 0. The summed E-state index contributed by atoms with van der Waals surface area (Å²) in [6.07, 6.45) is -1.90. The summed E-state index contributed by atoms with van der Waals surface area (Å²) in [5.41, 5.74) is 22.9. The van der Waals surface area contributed by atoms with Gasteiger partial charge < -0.3 is 38.5 Å². The fraction of sp³-hybridized carbons (Fsp3) is 0.667. The van der Waals surface area contributed by atoms with Crippen LogP contribution in [0.1, 0.15) is 25.7 Å². The molecule has 0 saturated carbocycles. The molecular weight excluding hydrogens is 310 g/mol. The third kappa shape index (κ3) is 6.18. The molecule has 0 radical (unpaired) electrons. The molecule has 0 heterocycles. The highest BCUT2D eigenvalue weighted by atomic mass is 16.6. The van der Waals surface area contributed by atoms with E-state index in [0.717, 1.165) is 0 Å². The van der Waals surface area contributed by atoms with E-state index in [9.17, 15) is 24.3 Å². The van der Waals surface area contributed by atoms with E-state index >= 15 is 0 Å². The standard InChI is InChI=1S/C12H23N5O6/c13-4-2-1-3-6(14)10(20)23-8(9(16)19)12(22,11(17)21)5-7(15)18/h6,8,22H,1-5,13-14H2,(H2,15,18)(H2,16,19)(H2,17,21)/t6-,8?,12?/m0/s1. The Hall–Kier alpha value is -2.24. The lowest BCUT2D eigenvalue weighted by atomic mass is 9.90. The van der Waals surface area contributed by atoms with Crippen LogP contribution in [0, 0.1) is 0 Å². The van der Waals surface area contributed by atoms with Crippen LogP contribution in [0.2, 0.25) is 0 Å². The molecule has 0 fully saturated rings. The Morgan fingerprint density at radius 3 is 2.04 bits per heavy atom. The largest absolute Gasteiger partial charge is 0.447 e. The van der Waals surface area contributed by atoms with Crippen LogP contribution >= 0.6 is 0 Å². The molecule has 0 spiro atoms. The van der Waals surface area contributed by atoms with Gasteiger partial charge in [-0.05, 0) is 19.4 Å². The van der Waals surface area contributed by atoms with Crippen LogP contribution in [0.5, 0.6) is 0 Å². The highest BCUT2D eigenvalue weighted by Crippen LogP contribution is 2.19. The number of aliphatic hydroxyl groups is 1. The fourth-order valence-corrected chi connectivity index (χ4v) is 1.80. The van der Waals surface area contributed by atoms with E-state index in [0.29, 0.717) is 19.4 Å². The average Bonchev–Trinajstić information content (AvgIpc) is 2.42. The number of unbranched alkanes of at least 4 members (excludes halogenated alkanes) is 1. The van der Waals surface area contributed by atoms with Crippen LogP contribution in [-0.4, -0.2) is 53.1 Å². The van der Waals surface area contributed by atoms with Crippen LogP contribution in [0.25, 0.3) is 0 Å². The second-order valence-corrected chi connectivity index (χ2v) is 5.04. The molecule has 0 aliphatic rings. The highest BCUT2D eigenvalue weighted by molar-refractivity contribution is 5.97. The van der Waals surface area contributed by atoms with Crippen LogP contribution in [-0.2, 0) is 23.9 Å². The van der Waals surface area contributed by atoms with Gasteiger partial charge in [-0.3, -0.25) is 19.2 Å². The average molecular weight is 333 g/mol. The Kier molecular flexibility index (Phi) is 8.15. The van der Waals surface area contributed by atoms with Gasteiger partial charge in [-0.1, -0.05) is 6.42 Å². The summed E-state index contributed by atoms with van der Waals surface area (Å²) in [7, 11) is 0. The van der Waals surface area contributed by atoms with Crippen molar-refractivity contribution in [3.63, 3.8) is 0 Å². The number of esters is 1. The molecule has 23 heavy (non-hydrogen) atoms. The number of amides is 3. The maximum atomic E-state index is 11.8. The van der Waals surface area contributed by atoms with Gasteiger partial charge in [-0.25, -0.2) is 0 Å². The number of rotatable bonds is 11. The minimum Gasteiger partial charge on any atom is -0.447 e. The smallest absolute Gasteiger partial charge is 0.323 e. The van der Waals surface area contributed by atoms with Crippen molar-refractivity contribution in [1.29, 1.82) is 0 Å². The van der Waals surface area contributed by atoms with Crippen molar-refractivity contribution in [2.75, 3.05) is 6.54 Å². The number of hydrogen-bond donors (Lipinski definition) is 6. The van der Waals surface area contributed by atoms with E-state index in [1.54, 1.807) is 0 Å². The van der Waals surface area contributed by atoms with Gasteiger partial charge in [0, 0.05) is 0 Å². The minimum absolute atomic E-state index is 0.201. The first-order valence-electron chi connectivity index (χ1n) is 6.82. The lowest BCUT2D eigenvalue weighted by Gasteiger charge is -2.30. The van der Waals surface area contributed by atoms with E-state index in [2.05, 4.69) is 0 Å². The van der Waals surface area contributed by atoms with Crippen LogP contribution in [0.4, 0.5) is 0 Å². The monoisotopic (exact) mass is 333 g/mol. The van der Waals surface area contributed by atoms with Gasteiger partial charge in [0.25, 0.3) is 11.8 Å². The van der Waals surface area contributed by atoms with E-state index in [1.807, 2.05) is 0 Å². The maximum absolute atomic E-state index is 11.8. The second-order valence-electron chi connectivity index (χ2n) is 5.04. The van der Waals surface area contributed by atoms with E-state index in [4.69, 9.17) is 33.4 Å².